The van der Waals surface area contributed by atoms with E-state index in [0.717, 1.165) is 6.07 Å². The Labute approximate surface area is 115 Å². The van der Waals surface area contributed by atoms with Crippen molar-refractivity contribution in [2.24, 2.45) is 0 Å². The third-order valence-electron chi connectivity index (χ3n) is 2.28. The van der Waals surface area contributed by atoms with Crippen molar-refractivity contribution in [3.63, 3.8) is 0 Å². The summed E-state index contributed by atoms with van der Waals surface area (Å²) in [5, 5.41) is 0.515. The fraction of sp³-hybridized carbons (Fsp3) is 0. The second-order valence-electron chi connectivity index (χ2n) is 3.72. The number of rotatable bonds is 3. The van der Waals surface area contributed by atoms with E-state index < -0.39 is 15.0 Å². The molecule has 2 aromatic carbocycles. The lowest BCUT2D eigenvalue weighted by Crippen LogP contribution is -2.02. The average molecular weight is 299 g/mol. The van der Waals surface area contributed by atoms with Gasteiger partial charge in [-0.3, -0.25) is 0 Å². The van der Waals surface area contributed by atoms with Gasteiger partial charge in [-0.05, 0) is 42.5 Å². The molecule has 2 N–H and O–H groups in total. The van der Waals surface area contributed by atoms with Gasteiger partial charge in [0.15, 0.2) is 0 Å². The number of nitrogens with two attached hydrogens (primary N) is 1. The van der Waals surface area contributed by atoms with E-state index in [-0.39, 0.29) is 11.4 Å². The van der Waals surface area contributed by atoms with Crippen molar-refractivity contribution >= 4 is 27.4 Å². The lowest BCUT2D eigenvalue weighted by molar-refractivity contribution is 0.441. The molecule has 0 aliphatic heterocycles. The Balaban J connectivity index is 2.43. The highest BCUT2D eigenvalue weighted by molar-refractivity contribution is 7.85. The molecule has 0 saturated heterocycles. The van der Waals surface area contributed by atoms with Crippen LogP contribution in [0.1, 0.15) is 0 Å². The van der Waals surface area contributed by atoms with Crippen LogP contribution in [-0.4, -0.2) is 13.0 Å². The smallest absolute Gasteiger partial charge is 0.145 e. The molecular formula is C12H9ClNO4S-. The zero-order valence-electron chi connectivity index (χ0n) is 9.54. The summed E-state index contributed by atoms with van der Waals surface area (Å²) in [5.74, 6) is 0.283. The van der Waals surface area contributed by atoms with Crippen molar-refractivity contribution in [2.75, 3.05) is 5.73 Å². The van der Waals surface area contributed by atoms with E-state index in [4.69, 9.17) is 22.1 Å². The summed E-state index contributed by atoms with van der Waals surface area (Å²) in [7, 11) is -4.67. The molecule has 2 aromatic rings. The van der Waals surface area contributed by atoms with Crippen LogP contribution in [0, 0.1) is 0 Å². The summed E-state index contributed by atoms with van der Waals surface area (Å²) >= 11 is 5.72. The van der Waals surface area contributed by atoms with Gasteiger partial charge in [-0.15, -0.1) is 0 Å². The first-order chi connectivity index (χ1) is 8.86. The molecular weight excluding hydrogens is 290 g/mol. The van der Waals surface area contributed by atoms with Gasteiger partial charge in [0.25, 0.3) is 0 Å². The number of hydrogen-bond donors (Lipinski definition) is 1. The molecule has 2 rings (SSSR count). The summed E-state index contributed by atoms with van der Waals surface area (Å²) in [6.07, 6.45) is 0. The highest BCUT2D eigenvalue weighted by Gasteiger charge is 2.11. The molecule has 0 bridgehead atoms. The number of nitrogen functional groups attached to an aromatic ring is 1. The van der Waals surface area contributed by atoms with Crippen molar-refractivity contribution in [1.82, 2.24) is 0 Å². The Morgan fingerprint density at radius 3 is 2.32 bits per heavy atom. The third kappa shape index (κ3) is 3.37. The topological polar surface area (TPSA) is 92.5 Å². The van der Waals surface area contributed by atoms with E-state index >= 15 is 0 Å². The molecule has 0 saturated carbocycles. The van der Waals surface area contributed by atoms with E-state index in [1.165, 1.54) is 12.1 Å². The van der Waals surface area contributed by atoms with Crippen LogP contribution < -0.4 is 10.5 Å². The maximum Gasteiger partial charge on any atom is 0.145 e. The molecule has 0 aromatic heterocycles. The van der Waals surface area contributed by atoms with E-state index in [9.17, 15) is 13.0 Å². The largest absolute Gasteiger partial charge is 0.744 e. The van der Waals surface area contributed by atoms with E-state index in [2.05, 4.69) is 0 Å². The van der Waals surface area contributed by atoms with Crippen LogP contribution in [-0.2, 0) is 10.1 Å². The summed E-state index contributed by atoms with van der Waals surface area (Å²) in [5.41, 5.74) is 5.63. The minimum Gasteiger partial charge on any atom is -0.744 e. The van der Waals surface area contributed by atoms with Crippen LogP contribution in [0.3, 0.4) is 0 Å². The van der Waals surface area contributed by atoms with E-state index in [1.54, 1.807) is 24.3 Å². The van der Waals surface area contributed by atoms with Crippen LogP contribution in [0.5, 0.6) is 11.5 Å². The average Bonchev–Trinajstić information content (AvgIpc) is 2.33. The Morgan fingerprint density at radius 2 is 1.74 bits per heavy atom. The molecule has 100 valence electrons. The van der Waals surface area contributed by atoms with Crippen LogP contribution in [0.25, 0.3) is 0 Å². The molecule has 0 fully saturated rings. The number of benzene rings is 2. The van der Waals surface area contributed by atoms with Gasteiger partial charge < -0.3 is 15.0 Å². The van der Waals surface area contributed by atoms with E-state index in [1.807, 2.05) is 0 Å². The molecule has 0 radical (unpaired) electrons. The Morgan fingerprint density at radius 1 is 1.11 bits per heavy atom. The quantitative estimate of drug-likeness (QED) is 0.694. The van der Waals surface area contributed by atoms with Crippen molar-refractivity contribution in [3.8, 4) is 11.5 Å². The predicted octanol–water partition coefficient (Wildman–Crippen LogP) is 2.62. The summed E-state index contributed by atoms with van der Waals surface area (Å²) in [6.45, 7) is 0. The first-order valence-electron chi connectivity index (χ1n) is 5.15. The lowest BCUT2D eigenvalue weighted by atomic mass is 10.3. The molecule has 0 amide bonds. The van der Waals surface area contributed by atoms with Gasteiger partial charge in [-0.25, -0.2) is 8.42 Å². The third-order valence-corrected chi connectivity index (χ3v) is 3.39. The highest BCUT2D eigenvalue weighted by atomic mass is 35.5. The normalized spacial score (nSPS) is 11.3. The van der Waals surface area contributed by atoms with Gasteiger partial charge in [-0.2, -0.15) is 0 Å². The summed E-state index contributed by atoms with van der Waals surface area (Å²) in [6, 6.07) is 10.1. The van der Waals surface area contributed by atoms with E-state index in [0.29, 0.717) is 10.8 Å². The van der Waals surface area contributed by atoms with Crippen molar-refractivity contribution in [2.45, 2.75) is 4.90 Å². The van der Waals surface area contributed by atoms with Crippen molar-refractivity contribution < 1.29 is 17.7 Å². The molecule has 0 unspecified atom stereocenters. The lowest BCUT2D eigenvalue weighted by Gasteiger charge is -2.14. The van der Waals surface area contributed by atoms with Gasteiger partial charge in [0.2, 0.25) is 0 Å². The first kappa shape index (κ1) is 13.7. The molecule has 0 heterocycles. The minimum atomic E-state index is -4.67. The van der Waals surface area contributed by atoms with Gasteiger partial charge in [0.1, 0.15) is 21.6 Å². The van der Waals surface area contributed by atoms with Gasteiger partial charge in [0, 0.05) is 10.7 Å². The van der Waals surface area contributed by atoms with Crippen LogP contribution in [0.15, 0.2) is 47.4 Å². The SMILES string of the molecule is Nc1ccc(Oc2ccc(Cl)cc2)c(S(=O)(=O)[O-])c1. The molecule has 0 aliphatic rings. The zero-order valence-corrected chi connectivity index (χ0v) is 11.1. The molecule has 0 atom stereocenters. The van der Waals surface area contributed by atoms with Crippen molar-refractivity contribution in [1.29, 1.82) is 0 Å². The Kier molecular flexibility index (Phi) is 3.66. The zero-order chi connectivity index (χ0) is 14.0. The predicted molar refractivity (Wildman–Crippen MR) is 70.3 cm³/mol. The minimum absolute atomic E-state index is 0.0773. The van der Waals surface area contributed by atoms with Gasteiger partial charge in [-0.1, -0.05) is 11.6 Å². The standard InChI is InChI=1S/C12H10ClNO4S/c13-8-1-4-10(5-2-8)18-11-6-3-9(14)7-12(11)19(15,16)17/h1-7H,14H2,(H,15,16,17)/p-1. The molecule has 7 heteroatoms. The monoisotopic (exact) mass is 298 g/mol. The number of ether oxygens (including phenoxy) is 1. The fourth-order valence-electron chi connectivity index (χ4n) is 1.43. The van der Waals surface area contributed by atoms with Gasteiger partial charge in [0.05, 0.1) is 4.90 Å². The fourth-order valence-corrected chi connectivity index (χ4v) is 2.20. The maximum atomic E-state index is 11.1. The van der Waals surface area contributed by atoms with Crippen LogP contribution in [0.2, 0.25) is 5.02 Å². The van der Waals surface area contributed by atoms with Gasteiger partial charge >= 0.3 is 0 Å². The Bertz CT molecular complexity index is 698. The van der Waals surface area contributed by atoms with Crippen LogP contribution >= 0.6 is 11.6 Å². The maximum absolute atomic E-state index is 11.1. The second kappa shape index (κ2) is 5.08. The molecule has 0 aliphatic carbocycles. The van der Waals surface area contributed by atoms with Crippen molar-refractivity contribution in [3.05, 3.63) is 47.5 Å². The summed E-state index contributed by atoms with van der Waals surface area (Å²) < 4.78 is 38.8. The highest BCUT2D eigenvalue weighted by Crippen LogP contribution is 2.30. The summed E-state index contributed by atoms with van der Waals surface area (Å²) in [4.78, 5) is -0.498. The Hall–Kier alpha value is -1.76. The molecule has 5 nitrogen and oxygen atoms in total. The molecule has 19 heavy (non-hydrogen) atoms. The first-order valence-corrected chi connectivity index (χ1v) is 6.94. The number of halogens is 1. The second-order valence-corrected chi connectivity index (χ2v) is 5.50. The number of hydrogen-bond acceptors (Lipinski definition) is 5. The van der Waals surface area contributed by atoms with Crippen LogP contribution in [0.4, 0.5) is 5.69 Å². The number of anilines is 1. The molecule has 0 spiro atoms.